The standard InChI is InChI=1S/C31H28FN7O/c1-40-23-14-20(13-22(32)15-23)24-6-5-7-26-28(24)36-31(35-26)30-29-27(37-38-30)9-8-25(34-29)21-12-19(16-33-17-21)18-39-10-3-2-4-11-39/h5-9,12-17H,2-4,10-11,18H2,1H3,(H,35,36)(H,37,38). The number of aromatic amines is 2. The molecular formula is C31H28FN7O. The van der Waals surface area contributed by atoms with Crippen LogP contribution in [-0.4, -0.2) is 55.2 Å². The molecule has 200 valence electrons. The smallest absolute Gasteiger partial charge is 0.161 e. The van der Waals surface area contributed by atoms with E-state index in [1.54, 1.807) is 6.07 Å². The van der Waals surface area contributed by atoms with E-state index in [4.69, 9.17) is 14.7 Å². The number of piperidine rings is 1. The second kappa shape index (κ2) is 10.2. The van der Waals surface area contributed by atoms with Crippen molar-refractivity contribution in [2.45, 2.75) is 25.8 Å². The van der Waals surface area contributed by atoms with E-state index in [1.165, 1.54) is 44.1 Å². The Morgan fingerprint density at radius 3 is 2.67 bits per heavy atom. The third-order valence-electron chi connectivity index (χ3n) is 7.51. The van der Waals surface area contributed by atoms with Gasteiger partial charge in [0.1, 0.15) is 17.1 Å². The van der Waals surface area contributed by atoms with Crippen LogP contribution in [0.5, 0.6) is 5.75 Å². The van der Waals surface area contributed by atoms with Crippen molar-refractivity contribution >= 4 is 22.1 Å². The van der Waals surface area contributed by atoms with Gasteiger partial charge in [-0.15, -0.1) is 0 Å². The molecule has 8 nitrogen and oxygen atoms in total. The molecule has 0 spiro atoms. The van der Waals surface area contributed by atoms with Crippen molar-refractivity contribution in [1.29, 1.82) is 0 Å². The molecule has 0 aliphatic carbocycles. The molecule has 0 bridgehead atoms. The van der Waals surface area contributed by atoms with Gasteiger partial charge in [0, 0.05) is 36.1 Å². The van der Waals surface area contributed by atoms with Crippen molar-refractivity contribution in [1.82, 2.24) is 35.0 Å². The molecule has 0 saturated carbocycles. The maximum Gasteiger partial charge on any atom is 0.161 e. The highest BCUT2D eigenvalue weighted by Gasteiger charge is 2.18. The zero-order valence-electron chi connectivity index (χ0n) is 22.1. The molecule has 0 unspecified atom stereocenters. The summed E-state index contributed by atoms with van der Waals surface area (Å²) in [5.74, 6) is 0.664. The molecule has 0 radical (unpaired) electrons. The summed E-state index contributed by atoms with van der Waals surface area (Å²) < 4.78 is 19.6. The Kier molecular flexibility index (Phi) is 6.20. The summed E-state index contributed by atoms with van der Waals surface area (Å²) in [7, 11) is 1.52. The van der Waals surface area contributed by atoms with Crippen molar-refractivity contribution < 1.29 is 9.13 Å². The maximum absolute atomic E-state index is 14.3. The van der Waals surface area contributed by atoms with Gasteiger partial charge in [-0.3, -0.25) is 15.0 Å². The summed E-state index contributed by atoms with van der Waals surface area (Å²) in [4.78, 5) is 20.3. The monoisotopic (exact) mass is 533 g/mol. The second-order valence-electron chi connectivity index (χ2n) is 10.3. The number of nitrogens with zero attached hydrogens (tertiary/aromatic N) is 5. The number of imidazole rings is 1. The van der Waals surface area contributed by atoms with Crippen molar-refractivity contribution in [2.24, 2.45) is 0 Å². The average Bonchev–Trinajstić information content (AvgIpc) is 3.61. The molecule has 1 aliphatic heterocycles. The van der Waals surface area contributed by atoms with Crippen LogP contribution in [0.3, 0.4) is 0 Å². The van der Waals surface area contributed by atoms with Crippen LogP contribution >= 0.6 is 0 Å². The minimum atomic E-state index is -0.369. The predicted octanol–water partition coefficient (Wildman–Crippen LogP) is 6.36. The summed E-state index contributed by atoms with van der Waals surface area (Å²) in [6, 6.07) is 16.6. The summed E-state index contributed by atoms with van der Waals surface area (Å²) in [6.45, 7) is 3.18. The topological polar surface area (TPSA) is 95.6 Å². The van der Waals surface area contributed by atoms with Gasteiger partial charge >= 0.3 is 0 Å². The van der Waals surface area contributed by atoms with Crippen LogP contribution in [0.2, 0.25) is 0 Å². The first-order chi connectivity index (χ1) is 19.6. The van der Waals surface area contributed by atoms with Crippen LogP contribution in [0.25, 0.3) is 56.0 Å². The lowest BCUT2D eigenvalue weighted by Gasteiger charge is -2.26. The van der Waals surface area contributed by atoms with Gasteiger partial charge in [0.05, 0.1) is 29.4 Å². The van der Waals surface area contributed by atoms with E-state index in [1.807, 2.05) is 42.7 Å². The molecule has 4 aromatic heterocycles. The van der Waals surface area contributed by atoms with Crippen LogP contribution in [0.4, 0.5) is 4.39 Å². The molecule has 0 atom stereocenters. The van der Waals surface area contributed by atoms with Gasteiger partial charge < -0.3 is 9.72 Å². The number of benzene rings is 2. The highest BCUT2D eigenvalue weighted by Crippen LogP contribution is 2.33. The SMILES string of the molecule is COc1cc(F)cc(-c2cccc3[nH]c(-c4n[nH]c5ccc(-c6cncc(CN7CCCCC7)c6)nc45)nc23)c1. The molecule has 1 fully saturated rings. The predicted molar refractivity (Wildman–Crippen MR) is 153 cm³/mol. The van der Waals surface area contributed by atoms with E-state index in [9.17, 15) is 4.39 Å². The lowest BCUT2D eigenvalue weighted by molar-refractivity contribution is 0.220. The fraction of sp³-hybridized carbons (Fsp3) is 0.226. The van der Waals surface area contributed by atoms with E-state index in [-0.39, 0.29) is 5.82 Å². The Morgan fingerprint density at radius 1 is 0.900 bits per heavy atom. The van der Waals surface area contributed by atoms with Crippen LogP contribution in [-0.2, 0) is 6.54 Å². The minimum Gasteiger partial charge on any atom is -0.497 e. The van der Waals surface area contributed by atoms with E-state index in [0.29, 0.717) is 33.9 Å². The number of H-pyrrole nitrogens is 2. The van der Waals surface area contributed by atoms with Crippen LogP contribution < -0.4 is 4.74 Å². The largest absolute Gasteiger partial charge is 0.497 e. The van der Waals surface area contributed by atoms with Crippen LogP contribution in [0.1, 0.15) is 24.8 Å². The molecule has 2 aromatic carbocycles. The van der Waals surface area contributed by atoms with E-state index in [0.717, 1.165) is 47.5 Å². The maximum atomic E-state index is 14.3. The van der Waals surface area contributed by atoms with Crippen LogP contribution in [0.15, 0.2) is 67.0 Å². The van der Waals surface area contributed by atoms with E-state index in [2.05, 4.69) is 31.1 Å². The van der Waals surface area contributed by atoms with Gasteiger partial charge in [0.15, 0.2) is 11.5 Å². The Labute approximate surface area is 230 Å². The molecule has 1 aliphatic rings. The number of nitrogens with one attached hydrogen (secondary N) is 2. The lowest BCUT2D eigenvalue weighted by atomic mass is 10.0. The molecule has 5 heterocycles. The van der Waals surface area contributed by atoms with E-state index < -0.39 is 0 Å². The number of hydrogen-bond acceptors (Lipinski definition) is 6. The van der Waals surface area contributed by atoms with Crippen molar-refractivity contribution in [2.75, 3.05) is 20.2 Å². The number of aromatic nitrogens is 6. The first-order valence-corrected chi connectivity index (χ1v) is 13.5. The Morgan fingerprint density at radius 2 is 1.80 bits per heavy atom. The normalized spacial score (nSPS) is 14.2. The third kappa shape index (κ3) is 4.58. The van der Waals surface area contributed by atoms with Gasteiger partial charge in [0.2, 0.25) is 0 Å². The lowest BCUT2D eigenvalue weighted by Crippen LogP contribution is -2.29. The van der Waals surface area contributed by atoms with Gasteiger partial charge in [0.25, 0.3) is 0 Å². The number of para-hydroxylation sites is 1. The number of halogens is 1. The quantitative estimate of drug-likeness (QED) is 0.259. The number of rotatable bonds is 6. The summed E-state index contributed by atoms with van der Waals surface area (Å²) in [5, 5.41) is 7.63. The van der Waals surface area contributed by atoms with Crippen molar-refractivity contribution in [3.8, 4) is 39.7 Å². The van der Waals surface area contributed by atoms with Crippen molar-refractivity contribution in [3.63, 3.8) is 0 Å². The molecule has 0 amide bonds. The molecule has 7 rings (SSSR count). The molecule has 40 heavy (non-hydrogen) atoms. The fourth-order valence-corrected chi connectivity index (χ4v) is 5.53. The number of fused-ring (bicyclic) bond motifs is 2. The second-order valence-corrected chi connectivity index (χ2v) is 10.3. The van der Waals surface area contributed by atoms with Gasteiger partial charge in [-0.05, 0) is 73.5 Å². The molecule has 1 saturated heterocycles. The molecule has 6 aromatic rings. The third-order valence-corrected chi connectivity index (χ3v) is 7.51. The number of ether oxygens (including phenoxy) is 1. The Hall–Kier alpha value is -4.63. The van der Waals surface area contributed by atoms with Crippen LogP contribution in [0, 0.1) is 5.82 Å². The molecule has 2 N–H and O–H groups in total. The number of methoxy groups -OCH3 is 1. The molecule has 9 heteroatoms. The fourth-order valence-electron chi connectivity index (χ4n) is 5.53. The summed E-state index contributed by atoms with van der Waals surface area (Å²) in [5.41, 5.74) is 8.14. The van der Waals surface area contributed by atoms with Gasteiger partial charge in [-0.2, -0.15) is 5.10 Å². The number of pyridine rings is 2. The summed E-state index contributed by atoms with van der Waals surface area (Å²) in [6.07, 6.45) is 7.63. The van der Waals surface area contributed by atoms with Gasteiger partial charge in [-0.1, -0.05) is 18.6 Å². The minimum absolute atomic E-state index is 0.369. The van der Waals surface area contributed by atoms with E-state index >= 15 is 0 Å². The first kappa shape index (κ1) is 24.4. The Bertz CT molecular complexity index is 1840. The average molecular weight is 534 g/mol. The summed E-state index contributed by atoms with van der Waals surface area (Å²) >= 11 is 0. The van der Waals surface area contributed by atoms with Gasteiger partial charge in [-0.25, -0.2) is 14.4 Å². The first-order valence-electron chi connectivity index (χ1n) is 13.5. The Balaban J connectivity index is 1.26. The highest BCUT2D eigenvalue weighted by atomic mass is 19.1. The zero-order chi connectivity index (χ0) is 27.1. The number of likely N-dealkylation sites (tertiary alicyclic amines) is 1. The zero-order valence-corrected chi connectivity index (χ0v) is 22.1. The highest BCUT2D eigenvalue weighted by molar-refractivity contribution is 5.96. The number of hydrogen-bond donors (Lipinski definition) is 2. The molecular weight excluding hydrogens is 505 g/mol. The van der Waals surface area contributed by atoms with Crippen molar-refractivity contribution in [3.05, 3.63) is 78.4 Å².